The summed E-state index contributed by atoms with van der Waals surface area (Å²) in [6.07, 6.45) is 1.16. The van der Waals surface area contributed by atoms with Crippen molar-refractivity contribution in [1.29, 1.82) is 5.26 Å². The van der Waals surface area contributed by atoms with Gasteiger partial charge in [-0.1, -0.05) is 19.1 Å². The van der Waals surface area contributed by atoms with Crippen LogP contribution in [0.15, 0.2) is 24.3 Å². The van der Waals surface area contributed by atoms with Crippen LogP contribution in [0, 0.1) is 17.2 Å². The van der Waals surface area contributed by atoms with Gasteiger partial charge in [0.05, 0.1) is 11.6 Å². The van der Waals surface area contributed by atoms with Crippen molar-refractivity contribution < 1.29 is 4.79 Å². The first-order chi connectivity index (χ1) is 7.11. The molecule has 0 saturated heterocycles. The lowest BCUT2D eigenvalue weighted by molar-refractivity contribution is -0.118. The Morgan fingerprint density at radius 1 is 1.60 bits per heavy atom. The summed E-state index contributed by atoms with van der Waals surface area (Å²) in [5.41, 5.74) is 6.84. The van der Waals surface area contributed by atoms with E-state index in [4.69, 9.17) is 11.0 Å². The molecule has 1 atom stereocenters. The fraction of sp³-hybridized carbons (Fsp3) is 0.333. The van der Waals surface area contributed by atoms with Crippen molar-refractivity contribution in [3.63, 3.8) is 0 Å². The Morgan fingerprint density at radius 3 is 2.93 bits per heavy atom. The van der Waals surface area contributed by atoms with Gasteiger partial charge < -0.3 is 5.73 Å². The Labute approximate surface area is 89.5 Å². The van der Waals surface area contributed by atoms with Crippen LogP contribution in [0.3, 0.4) is 0 Å². The molecule has 0 bridgehead atoms. The fourth-order valence-electron chi connectivity index (χ4n) is 1.59. The molecule has 2 N–H and O–H groups in total. The lowest BCUT2D eigenvalue weighted by Gasteiger charge is -2.08. The summed E-state index contributed by atoms with van der Waals surface area (Å²) in [6.45, 7) is 1.98. The molecule has 78 valence electrons. The van der Waals surface area contributed by atoms with Crippen molar-refractivity contribution >= 4 is 5.91 Å². The third-order valence-electron chi connectivity index (χ3n) is 2.19. The van der Waals surface area contributed by atoms with Gasteiger partial charge in [0.15, 0.2) is 0 Å². The van der Waals surface area contributed by atoms with Crippen LogP contribution in [-0.4, -0.2) is 5.91 Å². The summed E-state index contributed by atoms with van der Waals surface area (Å²) >= 11 is 0. The zero-order chi connectivity index (χ0) is 11.3. The van der Waals surface area contributed by atoms with Crippen molar-refractivity contribution in [1.82, 2.24) is 0 Å². The smallest absolute Gasteiger partial charge is 0.217 e. The first-order valence-corrected chi connectivity index (χ1v) is 4.89. The molecular weight excluding hydrogens is 188 g/mol. The van der Waals surface area contributed by atoms with E-state index in [1.165, 1.54) is 0 Å². The van der Waals surface area contributed by atoms with Crippen LogP contribution in [0.1, 0.15) is 24.5 Å². The van der Waals surface area contributed by atoms with Crippen LogP contribution in [0.4, 0.5) is 0 Å². The van der Waals surface area contributed by atoms with Crippen molar-refractivity contribution in [2.24, 2.45) is 11.7 Å². The van der Waals surface area contributed by atoms with Crippen LogP contribution in [0.2, 0.25) is 0 Å². The summed E-state index contributed by atoms with van der Waals surface area (Å²) in [4.78, 5) is 10.7. The van der Waals surface area contributed by atoms with Gasteiger partial charge in [-0.25, -0.2) is 0 Å². The van der Waals surface area contributed by atoms with E-state index in [1.54, 1.807) is 6.07 Å². The molecular formula is C12H14N2O. The van der Waals surface area contributed by atoms with E-state index >= 15 is 0 Å². The average molecular weight is 202 g/mol. The lowest BCUT2D eigenvalue weighted by Crippen LogP contribution is -2.15. The third kappa shape index (κ3) is 3.82. The number of amides is 1. The number of rotatable bonds is 4. The minimum Gasteiger partial charge on any atom is -0.370 e. The molecule has 1 unspecified atom stereocenters. The quantitative estimate of drug-likeness (QED) is 0.806. The summed E-state index contributed by atoms with van der Waals surface area (Å²) in [7, 11) is 0. The van der Waals surface area contributed by atoms with E-state index < -0.39 is 0 Å². The van der Waals surface area contributed by atoms with Gasteiger partial charge in [-0.2, -0.15) is 5.26 Å². The highest BCUT2D eigenvalue weighted by Gasteiger charge is 2.07. The number of carbonyl (C=O) groups is 1. The highest BCUT2D eigenvalue weighted by atomic mass is 16.1. The average Bonchev–Trinajstić information content (AvgIpc) is 2.16. The van der Waals surface area contributed by atoms with Crippen LogP contribution >= 0.6 is 0 Å². The number of carbonyl (C=O) groups excluding carboxylic acids is 1. The third-order valence-corrected chi connectivity index (χ3v) is 2.19. The summed E-state index contributed by atoms with van der Waals surface area (Å²) in [5, 5.41) is 8.72. The molecule has 0 saturated carbocycles. The van der Waals surface area contributed by atoms with Gasteiger partial charge in [0.25, 0.3) is 0 Å². The Balaban J connectivity index is 2.64. The number of benzene rings is 1. The summed E-state index contributed by atoms with van der Waals surface area (Å²) < 4.78 is 0. The SMILES string of the molecule is CC(CC(N)=O)Cc1cccc(C#N)c1. The van der Waals surface area contributed by atoms with Crippen molar-refractivity contribution in [3.05, 3.63) is 35.4 Å². The lowest BCUT2D eigenvalue weighted by atomic mass is 9.97. The van der Waals surface area contributed by atoms with Crippen molar-refractivity contribution in [2.45, 2.75) is 19.8 Å². The zero-order valence-corrected chi connectivity index (χ0v) is 8.73. The summed E-state index contributed by atoms with van der Waals surface area (Å²) in [6, 6.07) is 9.51. The molecule has 3 nitrogen and oxygen atoms in total. The van der Waals surface area contributed by atoms with Crippen molar-refractivity contribution in [3.8, 4) is 6.07 Å². The number of hydrogen-bond acceptors (Lipinski definition) is 2. The molecule has 1 rings (SSSR count). The van der Waals surface area contributed by atoms with Crippen LogP contribution in [0.5, 0.6) is 0 Å². The van der Waals surface area contributed by atoms with Crippen LogP contribution in [0.25, 0.3) is 0 Å². The van der Waals surface area contributed by atoms with Gasteiger partial charge in [-0.3, -0.25) is 4.79 Å². The van der Waals surface area contributed by atoms with Crippen molar-refractivity contribution in [2.75, 3.05) is 0 Å². The molecule has 0 aliphatic heterocycles. The van der Waals surface area contributed by atoms with E-state index in [9.17, 15) is 4.79 Å². The molecule has 0 radical (unpaired) electrons. The van der Waals surface area contributed by atoms with E-state index in [2.05, 4.69) is 6.07 Å². The second-order valence-corrected chi connectivity index (χ2v) is 3.79. The van der Waals surface area contributed by atoms with E-state index in [1.807, 2.05) is 25.1 Å². The van der Waals surface area contributed by atoms with E-state index in [0.29, 0.717) is 12.0 Å². The molecule has 15 heavy (non-hydrogen) atoms. The number of nitrogens with zero attached hydrogens (tertiary/aromatic N) is 1. The van der Waals surface area contributed by atoms with Gasteiger partial charge >= 0.3 is 0 Å². The highest BCUT2D eigenvalue weighted by molar-refractivity contribution is 5.73. The number of primary amides is 1. The van der Waals surface area contributed by atoms with Gasteiger partial charge in [0.1, 0.15) is 0 Å². The van der Waals surface area contributed by atoms with Gasteiger partial charge in [0, 0.05) is 6.42 Å². The molecule has 3 heteroatoms. The van der Waals surface area contributed by atoms with E-state index in [-0.39, 0.29) is 11.8 Å². The Bertz CT molecular complexity index is 393. The maximum Gasteiger partial charge on any atom is 0.217 e. The number of hydrogen-bond donors (Lipinski definition) is 1. The van der Waals surface area contributed by atoms with Crippen LogP contribution in [-0.2, 0) is 11.2 Å². The predicted octanol–water partition coefficient (Wildman–Crippen LogP) is 1.61. The molecule has 1 amide bonds. The largest absolute Gasteiger partial charge is 0.370 e. The molecule has 0 aliphatic carbocycles. The number of nitrogens with two attached hydrogens (primary N) is 1. The molecule has 0 heterocycles. The monoisotopic (exact) mass is 202 g/mol. The second-order valence-electron chi connectivity index (χ2n) is 3.79. The standard InChI is InChI=1S/C12H14N2O/c1-9(6-12(14)15)5-10-3-2-4-11(7-10)8-13/h2-4,7,9H,5-6H2,1H3,(H2,14,15). The second kappa shape index (κ2) is 5.16. The molecule has 0 spiro atoms. The predicted molar refractivity (Wildman–Crippen MR) is 57.8 cm³/mol. The number of nitriles is 1. The molecule has 0 aliphatic rings. The first-order valence-electron chi connectivity index (χ1n) is 4.89. The normalized spacial score (nSPS) is 11.7. The minimum absolute atomic E-state index is 0.219. The van der Waals surface area contributed by atoms with E-state index in [0.717, 1.165) is 12.0 Å². The summed E-state index contributed by atoms with van der Waals surface area (Å²) in [5.74, 6) is -0.0598. The first kappa shape index (κ1) is 11.3. The minimum atomic E-state index is -0.279. The topological polar surface area (TPSA) is 66.9 Å². The maximum absolute atomic E-state index is 10.7. The fourth-order valence-corrected chi connectivity index (χ4v) is 1.59. The van der Waals surface area contributed by atoms with Gasteiger partial charge in [0.2, 0.25) is 5.91 Å². The molecule has 1 aromatic carbocycles. The van der Waals surface area contributed by atoms with Gasteiger partial charge in [-0.15, -0.1) is 0 Å². The Hall–Kier alpha value is -1.82. The highest BCUT2D eigenvalue weighted by Crippen LogP contribution is 2.12. The van der Waals surface area contributed by atoms with Gasteiger partial charge in [-0.05, 0) is 30.0 Å². The Morgan fingerprint density at radius 2 is 2.33 bits per heavy atom. The molecule has 0 fully saturated rings. The molecule has 1 aromatic rings. The molecule has 0 aromatic heterocycles. The van der Waals surface area contributed by atoms with Crippen LogP contribution < -0.4 is 5.73 Å². The maximum atomic E-state index is 10.7. The Kier molecular flexibility index (Phi) is 3.87. The zero-order valence-electron chi connectivity index (χ0n) is 8.73.